The fourth-order valence-corrected chi connectivity index (χ4v) is 1.53. The molecule has 0 aromatic heterocycles. The minimum Gasteiger partial charge on any atom is -0.551 e. The Morgan fingerprint density at radius 2 is 2.14 bits per heavy atom. The molecular formula is C14H17NO5U. The van der Waals surface area contributed by atoms with Gasteiger partial charge in [0.1, 0.15) is 6.10 Å². The number of benzene rings is 1. The van der Waals surface area contributed by atoms with E-state index in [2.05, 4.69) is 13.0 Å². The third-order valence-corrected chi connectivity index (χ3v) is 2.46. The van der Waals surface area contributed by atoms with Crippen LogP contribution in [0.2, 0.25) is 0 Å². The van der Waals surface area contributed by atoms with Crippen molar-refractivity contribution in [1.29, 1.82) is 0 Å². The van der Waals surface area contributed by atoms with Crippen molar-refractivity contribution in [3.05, 3.63) is 36.8 Å². The topological polar surface area (TPSA) is 98.9 Å². The minimum absolute atomic E-state index is 0. The maximum atomic E-state index is 11.5. The van der Waals surface area contributed by atoms with Gasteiger partial charge >= 0.3 is 43.1 Å². The van der Waals surface area contributed by atoms with Gasteiger partial charge in [-0.15, -0.1) is 17.7 Å². The number of carboxylic acid groups (broad SMARTS) is 1. The largest absolute Gasteiger partial charge is 2.00 e. The van der Waals surface area contributed by atoms with Crippen LogP contribution < -0.4 is 10.5 Å². The molecule has 0 spiro atoms. The van der Waals surface area contributed by atoms with Gasteiger partial charge in [0.15, 0.2) is 0 Å². The summed E-state index contributed by atoms with van der Waals surface area (Å²) in [5, 5.41) is 8.51. The standard InChI is InChI=1S/C14H17NO5.U/c1-2-19-11-5-3-4-10(8-11)12(9-15)20-14(18)7-6-13(16)17;/h3-4,8,12H,1-2,6-7,9,15H2,(H,16,17);/q-2;+2/t12-;/m0./s1. The van der Waals surface area contributed by atoms with Gasteiger partial charge in [-0.1, -0.05) is 0 Å². The van der Waals surface area contributed by atoms with Crippen LogP contribution in [0.15, 0.2) is 18.2 Å². The smallest absolute Gasteiger partial charge is 0.551 e. The van der Waals surface area contributed by atoms with Crippen molar-refractivity contribution >= 4 is 11.9 Å². The van der Waals surface area contributed by atoms with Crippen LogP contribution in [-0.2, 0) is 14.3 Å². The molecule has 0 aliphatic carbocycles. The van der Waals surface area contributed by atoms with Gasteiger partial charge in [-0.3, -0.25) is 9.59 Å². The average Bonchev–Trinajstić information content (AvgIpc) is 2.43. The third-order valence-electron chi connectivity index (χ3n) is 2.46. The van der Waals surface area contributed by atoms with Crippen molar-refractivity contribution in [2.75, 3.05) is 13.2 Å². The summed E-state index contributed by atoms with van der Waals surface area (Å²) in [7, 11) is 0. The molecular weight excluding hydrogens is 500 g/mol. The zero-order valence-electron chi connectivity index (χ0n) is 11.5. The molecule has 1 atom stereocenters. The molecule has 0 saturated heterocycles. The van der Waals surface area contributed by atoms with Crippen molar-refractivity contribution in [2.45, 2.75) is 18.9 Å². The number of ether oxygens (including phenoxy) is 2. The molecule has 0 bridgehead atoms. The number of carbonyl (C=O) groups excluding carboxylic acids is 1. The van der Waals surface area contributed by atoms with E-state index < -0.39 is 18.0 Å². The zero-order valence-corrected chi connectivity index (χ0v) is 15.7. The quantitative estimate of drug-likeness (QED) is 0.396. The van der Waals surface area contributed by atoms with Crippen LogP contribution >= 0.6 is 0 Å². The van der Waals surface area contributed by atoms with E-state index in [0.29, 0.717) is 11.3 Å². The summed E-state index contributed by atoms with van der Waals surface area (Å²) in [5.41, 5.74) is 6.24. The molecule has 21 heavy (non-hydrogen) atoms. The first kappa shape index (κ1) is 20.0. The first-order valence-corrected chi connectivity index (χ1v) is 6.11. The van der Waals surface area contributed by atoms with Crippen molar-refractivity contribution in [1.82, 2.24) is 0 Å². The van der Waals surface area contributed by atoms with E-state index in [4.69, 9.17) is 20.3 Å². The first-order valence-electron chi connectivity index (χ1n) is 6.11. The molecule has 0 heterocycles. The van der Waals surface area contributed by atoms with Crippen molar-refractivity contribution in [2.24, 2.45) is 5.73 Å². The number of nitrogens with two attached hydrogens (primary N) is 1. The second-order valence-electron chi connectivity index (χ2n) is 3.94. The van der Waals surface area contributed by atoms with Crippen LogP contribution in [0.1, 0.15) is 24.5 Å². The molecule has 112 valence electrons. The van der Waals surface area contributed by atoms with E-state index >= 15 is 0 Å². The third kappa shape index (κ3) is 7.51. The Bertz CT molecular complexity index is 466. The van der Waals surface area contributed by atoms with E-state index in [-0.39, 0.29) is 57.1 Å². The van der Waals surface area contributed by atoms with E-state index in [9.17, 15) is 9.59 Å². The summed E-state index contributed by atoms with van der Waals surface area (Å²) < 4.78 is 10.4. The van der Waals surface area contributed by atoms with Gasteiger partial charge in [0, 0.05) is 12.3 Å². The fourth-order valence-electron chi connectivity index (χ4n) is 1.53. The Morgan fingerprint density at radius 1 is 1.43 bits per heavy atom. The zero-order chi connectivity index (χ0) is 15.0. The molecule has 0 radical (unpaired) electrons. The van der Waals surface area contributed by atoms with Crippen LogP contribution in [0.4, 0.5) is 0 Å². The molecule has 0 unspecified atom stereocenters. The number of aliphatic carboxylic acids is 1. The molecule has 0 fully saturated rings. The predicted octanol–water partition coefficient (Wildman–Crippen LogP) is 1.11. The molecule has 1 aromatic rings. The van der Waals surface area contributed by atoms with Gasteiger partial charge in [-0.2, -0.15) is 12.1 Å². The van der Waals surface area contributed by atoms with Gasteiger partial charge in [0.25, 0.3) is 0 Å². The van der Waals surface area contributed by atoms with Crippen molar-refractivity contribution < 1.29 is 55.3 Å². The maximum absolute atomic E-state index is 11.5. The molecule has 6 nitrogen and oxygen atoms in total. The summed E-state index contributed by atoms with van der Waals surface area (Å²) in [6.45, 7) is 3.90. The number of carboxylic acids is 1. The SMILES string of the molecule is [CH2-]COc1[c-]ccc([C@H](CN)OC(=O)CCC(=O)O)c1.[U+2]. The number of hydrogen-bond acceptors (Lipinski definition) is 5. The molecule has 0 aliphatic rings. The normalized spacial score (nSPS) is 11.1. The van der Waals surface area contributed by atoms with Gasteiger partial charge in [-0.25, -0.2) is 0 Å². The average molecular weight is 517 g/mol. The predicted molar refractivity (Wildman–Crippen MR) is 70.9 cm³/mol. The molecule has 0 amide bonds. The van der Waals surface area contributed by atoms with Crippen LogP contribution in [0, 0.1) is 44.1 Å². The van der Waals surface area contributed by atoms with Gasteiger partial charge in [0.05, 0.1) is 12.8 Å². The van der Waals surface area contributed by atoms with Crippen LogP contribution in [-0.4, -0.2) is 30.2 Å². The second kappa shape index (κ2) is 10.7. The summed E-state index contributed by atoms with van der Waals surface area (Å²) in [6, 6.07) is 7.86. The Kier molecular flexibility index (Phi) is 10.1. The van der Waals surface area contributed by atoms with E-state index in [1.807, 2.05) is 0 Å². The van der Waals surface area contributed by atoms with Crippen LogP contribution in [0.5, 0.6) is 5.75 Å². The van der Waals surface area contributed by atoms with Crippen LogP contribution in [0.3, 0.4) is 0 Å². The summed E-state index contributed by atoms with van der Waals surface area (Å²) in [4.78, 5) is 21.9. The Hall–Kier alpha value is -1.03. The molecule has 0 saturated carbocycles. The Labute approximate surface area is 147 Å². The summed E-state index contributed by atoms with van der Waals surface area (Å²) in [6.07, 6.45) is -1.10. The Morgan fingerprint density at radius 3 is 2.71 bits per heavy atom. The molecule has 1 aromatic carbocycles. The second-order valence-corrected chi connectivity index (χ2v) is 3.94. The number of hydrogen-bond donors (Lipinski definition) is 2. The minimum atomic E-state index is -1.05. The van der Waals surface area contributed by atoms with Gasteiger partial charge in [0.2, 0.25) is 0 Å². The monoisotopic (exact) mass is 517 g/mol. The van der Waals surface area contributed by atoms with Gasteiger partial charge in [-0.05, 0) is 6.61 Å². The van der Waals surface area contributed by atoms with Crippen LogP contribution in [0.25, 0.3) is 0 Å². The first-order chi connectivity index (χ1) is 9.56. The van der Waals surface area contributed by atoms with E-state index in [1.54, 1.807) is 18.2 Å². The van der Waals surface area contributed by atoms with Gasteiger partial charge < -0.3 is 27.2 Å². The maximum Gasteiger partial charge on any atom is 2.00 e. The Balaban J connectivity index is 0.00000400. The van der Waals surface area contributed by atoms with E-state index in [1.165, 1.54) is 0 Å². The van der Waals surface area contributed by atoms with Crippen molar-refractivity contribution in [3.8, 4) is 5.75 Å². The fraction of sp³-hybridized carbons (Fsp3) is 0.357. The summed E-state index contributed by atoms with van der Waals surface area (Å²) >= 11 is 0. The number of esters is 1. The number of rotatable bonds is 8. The molecule has 3 N–H and O–H groups in total. The molecule has 0 aliphatic heterocycles. The van der Waals surface area contributed by atoms with E-state index in [0.717, 1.165) is 0 Å². The molecule has 7 heteroatoms. The van der Waals surface area contributed by atoms with Crippen molar-refractivity contribution in [3.63, 3.8) is 0 Å². The summed E-state index contributed by atoms with van der Waals surface area (Å²) in [5.74, 6) is -1.17. The number of carbonyl (C=O) groups is 2. The molecule has 1 rings (SSSR count).